The van der Waals surface area contributed by atoms with Crippen LogP contribution in [-0.2, 0) is 17.7 Å². The summed E-state index contributed by atoms with van der Waals surface area (Å²) in [5, 5.41) is 10.0. The summed E-state index contributed by atoms with van der Waals surface area (Å²) in [5.41, 5.74) is 0.659. The minimum Gasteiger partial charge on any atom is -0.393 e. The van der Waals surface area contributed by atoms with Gasteiger partial charge in [0.1, 0.15) is 11.4 Å². The number of morpholine rings is 1. The first-order valence-electron chi connectivity index (χ1n) is 8.65. The molecule has 0 radical (unpaired) electrons. The maximum Gasteiger partial charge on any atom is 0.123 e. The molecule has 5 heteroatoms. The Morgan fingerprint density at radius 1 is 1.29 bits per heavy atom. The predicted octanol–water partition coefficient (Wildman–Crippen LogP) is 2.27. The Morgan fingerprint density at radius 3 is 2.79 bits per heavy atom. The fourth-order valence-corrected chi connectivity index (χ4v) is 3.42. The lowest BCUT2D eigenvalue weighted by Gasteiger charge is -2.42. The van der Waals surface area contributed by atoms with Crippen LogP contribution in [0.3, 0.4) is 0 Å². The minimum absolute atomic E-state index is 0.0248. The van der Waals surface area contributed by atoms with Gasteiger partial charge in [-0.3, -0.25) is 4.90 Å². The maximum absolute atomic E-state index is 10.0. The number of ether oxygens (including phenoxy) is 1. The first-order chi connectivity index (χ1) is 11.6. The monoisotopic (exact) mass is 329 g/mol. The standard InChI is InChI=1S/C19H27N3O2/c1-16(2)22-9-8-20-18(22)13-21-10-11-24-19(14-21,15-23)12-17-6-4-3-5-7-17/h3-9,16,23H,10-15H2,1-2H3/t19-/m1/s1. The van der Waals surface area contributed by atoms with Gasteiger partial charge in [0.2, 0.25) is 0 Å². The SMILES string of the molecule is CC(C)n1ccnc1CN1CCO[C@](CO)(Cc2ccccc2)C1. The fourth-order valence-electron chi connectivity index (χ4n) is 3.42. The van der Waals surface area contributed by atoms with Crippen molar-refractivity contribution in [1.29, 1.82) is 0 Å². The average molecular weight is 329 g/mol. The molecule has 0 spiro atoms. The normalized spacial score (nSPS) is 22.2. The lowest BCUT2D eigenvalue weighted by Crippen LogP contribution is -2.55. The number of hydrogen-bond acceptors (Lipinski definition) is 4. The first-order valence-corrected chi connectivity index (χ1v) is 8.65. The second-order valence-corrected chi connectivity index (χ2v) is 6.91. The first kappa shape index (κ1) is 17.1. The number of rotatable bonds is 6. The highest BCUT2D eigenvalue weighted by atomic mass is 16.5. The van der Waals surface area contributed by atoms with Gasteiger partial charge in [0.25, 0.3) is 0 Å². The van der Waals surface area contributed by atoms with Crippen molar-refractivity contribution < 1.29 is 9.84 Å². The van der Waals surface area contributed by atoms with E-state index in [-0.39, 0.29) is 6.61 Å². The average Bonchev–Trinajstić information content (AvgIpc) is 3.04. The van der Waals surface area contributed by atoms with Crippen molar-refractivity contribution in [3.8, 4) is 0 Å². The second kappa shape index (κ2) is 7.47. The molecule has 1 aromatic heterocycles. The van der Waals surface area contributed by atoms with E-state index >= 15 is 0 Å². The van der Waals surface area contributed by atoms with Crippen molar-refractivity contribution in [2.24, 2.45) is 0 Å². The summed E-state index contributed by atoms with van der Waals surface area (Å²) in [6.45, 7) is 7.35. The van der Waals surface area contributed by atoms with Crippen LogP contribution in [0.15, 0.2) is 42.7 Å². The van der Waals surface area contributed by atoms with Gasteiger partial charge in [-0.15, -0.1) is 0 Å². The van der Waals surface area contributed by atoms with Crippen LogP contribution in [0.25, 0.3) is 0 Å². The molecule has 0 saturated carbocycles. The Balaban J connectivity index is 1.71. The number of imidazole rings is 1. The zero-order chi connectivity index (χ0) is 17.0. The Kier molecular flexibility index (Phi) is 5.33. The van der Waals surface area contributed by atoms with E-state index in [0.717, 1.165) is 25.3 Å². The van der Waals surface area contributed by atoms with E-state index in [1.54, 1.807) is 0 Å². The number of benzene rings is 1. The zero-order valence-corrected chi connectivity index (χ0v) is 14.6. The van der Waals surface area contributed by atoms with Gasteiger partial charge in [0, 0.05) is 37.9 Å². The van der Waals surface area contributed by atoms with Crippen LogP contribution in [0.4, 0.5) is 0 Å². The van der Waals surface area contributed by atoms with Gasteiger partial charge in [0.15, 0.2) is 0 Å². The van der Waals surface area contributed by atoms with E-state index in [9.17, 15) is 5.11 Å². The zero-order valence-electron chi connectivity index (χ0n) is 14.6. The highest BCUT2D eigenvalue weighted by Crippen LogP contribution is 2.24. The Morgan fingerprint density at radius 2 is 2.08 bits per heavy atom. The summed E-state index contributed by atoms with van der Waals surface area (Å²) in [5.74, 6) is 1.07. The van der Waals surface area contributed by atoms with Gasteiger partial charge in [-0.25, -0.2) is 4.98 Å². The van der Waals surface area contributed by atoms with Crippen LogP contribution in [0, 0.1) is 0 Å². The molecule has 2 heterocycles. The third kappa shape index (κ3) is 3.86. The number of aliphatic hydroxyl groups is 1. The lowest BCUT2D eigenvalue weighted by molar-refractivity contribution is -0.134. The van der Waals surface area contributed by atoms with Crippen LogP contribution in [0.2, 0.25) is 0 Å². The van der Waals surface area contributed by atoms with Crippen molar-refractivity contribution in [3.63, 3.8) is 0 Å². The van der Waals surface area contributed by atoms with Crippen LogP contribution >= 0.6 is 0 Å². The molecule has 1 aromatic carbocycles. The molecule has 1 fully saturated rings. The van der Waals surface area contributed by atoms with E-state index < -0.39 is 5.60 Å². The molecule has 3 rings (SSSR count). The highest BCUT2D eigenvalue weighted by molar-refractivity contribution is 5.18. The predicted molar refractivity (Wildman–Crippen MR) is 93.8 cm³/mol. The minimum atomic E-state index is -0.533. The molecule has 0 unspecified atom stereocenters. The smallest absolute Gasteiger partial charge is 0.123 e. The fraction of sp³-hybridized carbons (Fsp3) is 0.526. The van der Waals surface area contributed by atoms with E-state index in [1.165, 1.54) is 5.56 Å². The van der Waals surface area contributed by atoms with Crippen molar-refractivity contribution in [1.82, 2.24) is 14.5 Å². The number of aliphatic hydroxyl groups excluding tert-OH is 1. The molecule has 1 N–H and O–H groups in total. The summed E-state index contributed by atoms with van der Waals surface area (Å²) < 4.78 is 8.23. The Bertz CT molecular complexity index is 641. The summed E-state index contributed by atoms with van der Waals surface area (Å²) in [7, 11) is 0. The molecule has 2 aromatic rings. The van der Waals surface area contributed by atoms with Gasteiger partial charge in [0.05, 0.1) is 19.8 Å². The molecule has 0 aliphatic carbocycles. The molecule has 24 heavy (non-hydrogen) atoms. The van der Waals surface area contributed by atoms with Crippen LogP contribution in [0.1, 0.15) is 31.3 Å². The van der Waals surface area contributed by atoms with E-state index in [2.05, 4.69) is 40.4 Å². The molecule has 1 aliphatic heterocycles. The molecule has 0 amide bonds. The number of nitrogens with zero attached hydrogens (tertiary/aromatic N) is 3. The molecule has 5 nitrogen and oxygen atoms in total. The topological polar surface area (TPSA) is 50.5 Å². The van der Waals surface area contributed by atoms with Gasteiger partial charge in [-0.1, -0.05) is 30.3 Å². The van der Waals surface area contributed by atoms with Crippen LogP contribution in [-0.4, -0.2) is 51.5 Å². The van der Waals surface area contributed by atoms with Gasteiger partial charge in [-0.05, 0) is 19.4 Å². The largest absolute Gasteiger partial charge is 0.393 e. The van der Waals surface area contributed by atoms with Crippen LogP contribution < -0.4 is 0 Å². The van der Waals surface area contributed by atoms with Crippen molar-refractivity contribution >= 4 is 0 Å². The van der Waals surface area contributed by atoms with Crippen LogP contribution in [0.5, 0.6) is 0 Å². The molecule has 1 saturated heterocycles. The number of hydrogen-bond donors (Lipinski definition) is 1. The molecular formula is C19H27N3O2. The third-order valence-electron chi connectivity index (χ3n) is 4.66. The Labute approximate surface area is 143 Å². The highest BCUT2D eigenvalue weighted by Gasteiger charge is 2.36. The Hall–Kier alpha value is -1.69. The third-order valence-corrected chi connectivity index (χ3v) is 4.66. The molecule has 130 valence electrons. The van der Waals surface area contributed by atoms with Crippen molar-refractivity contribution in [2.45, 2.75) is 38.5 Å². The molecule has 0 bridgehead atoms. The number of aromatic nitrogens is 2. The maximum atomic E-state index is 10.0. The summed E-state index contributed by atoms with van der Waals surface area (Å²) in [6.07, 6.45) is 4.61. The summed E-state index contributed by atoms with van der Waals surface area (Å²) >= 11 is 0. The van der Waals surface area contributed by atoms with Gasteiger partial charge in [-0.2, -0.15) is 0 Å². The van der Waals surface area contributed by atoms with E-state index in [4.69, 9.17) is 4.74 Å². The summed E-state index contributed by atoms with van der Waals surface area (Å²) in [4.78, 5) is 6.84. The van der Waals surface area contributed by atoms with E-state index in [0.29, 0.717) is 19.2 Å². The quantitative estimate of drug-likeness (QED) is 0.883. The van der Waals surface area contributed by atoms with Crippen molar-refractivity contribution in [2.75, 3.05) is 26.3 Å². The lowest BCUT2D eigenvalue weighted by atomic mass is 9.93. The van der Waals surface area contributed by atoms with E-state index in [1.807, 2.05) is 30.6 Å². The molecular weight excluding hydrogens is 302 g/mol. The molecule has 1 atom stereocenters. The van der Waals surface area contributed by atoms with Gasteiger partial charge < -0.3 is 14.4 Å². The second-order valence-electron chi connectivity index (χ2n) is 6.91. The van der Waals surface area contributed by atoms with Crippen molar-refractivity contribution in [3.05, 3.63) is 54.1 Å². The molecule has 1 aliphatic rings. The summed E-state index contributed by atoms with van der Waals surface area (Å²) in [6, 6.07) is 10.6. The van der Waals surface area contributed by atoms with Gasteiger partial charge >= 0.3 is 0 Å².